The van der Waals surface area contributed by atoms with Crippen LogP contribution in [0.1, 0.15) is 174 Å². The molecular weight excluding hydrogens is 1220 g/mol. The van der Waals surface area contributed by atoms with E-state index in [0.717, 1.165) is 79.7 Å². The lowest BCUT2D eigenvalue weighted by molar-refractivity contribution is -0.149. The number of halogens is 4. The van der Waals surface area contributed by atoms with E-state index in [0.29, 0.717) is 24.8 Å². The van der Waals surface area contributed by atoms with Crippen molar-refractivity contribution in [1.82, 2.24) is 55.6 Å². The number of carbonyl (C=O) groups is 11. The highest BCUT2D eigenvalue weighted by molar-refractivity contribution is 6.31. The molecule has 514 valence electrons. The molecule has 3 aliphatic carbocycles. The first-order valence-corrected chi connectivity index (χ1v) is 33.5. The maximum absolute atomic E-state index is 15.0. The van der Waals surface area contributed by atoms with E-state index in [-0.39, 0.29) is 82.1 Å². The monoisotopic (exact) mass is 1320 g/mol. The third kappa shape index (κ3) is 19.5. The maximum Gasteiger partial charge on any atom is 0.417 e. The quantitative estimate of drug-likeness (QED) is 0.221. The second kappa shape index (κ2) is 33.0. The van der Waals surface area contributed by atoms with E-state index < -0.39 is 155 Å². The van der Waals surface area contributed by atoms with Crippen molar-refractivity contribution in [3.63, 3.8) is 0 Å². The predicted octanol–water partition coefficient (Wildman–Crippen LogP) is 5.70. The Bertz CT molecular complexity index is 2830. The molecule has 26 heteroatoms. The Morgan fingerprint density at radius 2 is 1.18 bits per heavy atom. The van der Waals surface area contributed by atoms with Gasteiger partial charge in [-0.2, -0.15) is 13.2 Å². The summed E-state index contributed by atoms with van der Waals surface area (Å²) in [6, 6.07) is -4.48. The lowest BCUT2D eigenvalue weighted by Crippen LogP contribution is -2.64. The van der Waals surface area contributed by atoms with Gasteiger partial charge in [0.25, 0.3) is 0 Å². The van der Waals surface area contributed by atoms with Crippen LogP contribution in [0, 0.1) is 23.7 Å². The fourth-order valence-corrected chi connectivity index (χ4v) is 14.5. The van der Waals surface area contributed by atoms with Crippen molar-refractivity contribution in [3.05, 3.63) is 34.3 Å². The Hall–Kier alpha value is -6.53. The minimum atomic E-state index is -4.74. The number of aryl methyl sites for hydroxylation is 1. The van der Waals surface area contributed by atoms with Crippen LogP contribution in [0.4, 0.5) is 13.2 Å². The molecule has 1 aromatic rings. The highest BCUT2D eigenvalue weighted by atomic mass is 35.5. The lowest BCUT2D eigenvalue weighted by atomic mass is 9.84. The molecule has 0 bridgehead atoms. The van der Waals surface area contributed by atoms with Crippen molar-refractivity contribution in [2.24, 2.45) is 23.7 Å². The van der Waals surface area contributed by atoms with Gasteiger partial charge in [-0.1, -0.05) is 116 Å². The van der Waals surface area contributed by atoms with Gasteiger partial charge >= 0.3 is 6.18 Å². The first kappa shape index (κ1) is 74.5. The number of nitrogens with one attached hydrogen (secondary N) is 4. The molecule has 3 saturated carbocycles. The zero-order valence-corrected chi connectivity index (χ0v) is 56.6. The maximum atomic E-state index is 15.0. The molecule has 6 rings (SSSR count). The van der Waals surface area contributed by atoms with Gasteiger partial charge in [-0.3, -0.25) is 52.7 Å². The average molecular weight is 1320 g/mol. The number of hydrogen-bond donors (Lipinski definition) is 4. The molecule has 2 saturated heterocycles. The lowest BCUT2D eigenvalue weighted by Gasteiger charge is -2.39. The molecule has 92 heavy (non-hydrogen) atoms. The SMILES string of the molecule is CC(C)C[C@H]1C(=O)N[C@@H](CC2CCCC2)C(=O)N(C)CC(=O)N(C)CC(=O)N(C)[C@@H](CC2CCCCC2)C(=O)N(C)CC(=O)N[C@@H](CCc2ccc(C(F)(F)F)c(Cl)c2)C(=O)N2CCC[C@H]2C(=O)NC2(CCCC2)C(=O)N(C)[C@@H](C(C)C)C(=O)N[C@H](C)CC(=O)N1C. The van der Waals surface area contributed by atoms with E-state index in [2.05, 4.69) is 21.3 Å². The van der Waals surface area contributed by atoms with E-state index >= 15 is 9.59 Å². The fraction of sp³-hybridized carbons (Fsp3) is 0.742. The molecule has 1 spiro atoms. The minimum absolute atomic E-state index is 0.0373. The number of amides is 11. The van der Waals surface area contributed by atoms with Gasteiger partial charge in [0.15, 0.2) is 0 Å². The van der Waals surface area contributed by atoms with Gasteiger partial charge in [-0.25, -0.2) is 0 Å². The van der Waals surface area contributed by atoms with Crippen LogP contribution >= 0.6 is 11.6 Å². The average Bonchev–Trinajstić information content (AvgIpc) is 1.58. The normalized spacial score (nSPS) is 26.7. The van der Waals surface area contributed by atoms with Crippen molar-refractivity contribution < 1.29 is 65.9 Å². The molecule has 0 radical (unpaired) electrons. The summed E-state index contributed by atoms with van der Waals surface area (Å²) in [5, 5.41) is 11.1. The first-order valence-electron chi connectivity index (χ1n) is 33.1. The third-order valence-corrected chi connectivity index (χ3v) is 19.8. The standard InChI is InChI=1S/C66H101ClF3N11O11/c1-40(2)32-51-58(86)73-49(35-43-22-15-16-23-43)61(89)77(8)38-55(84)75(6)39-56(85)79(10)52(36-44-20-13-12-14-21-44)63(91)76(7)37-53(82)72-48(28-26-45-25-27-46(47(67)34-45)66(68,69)70)62(90)81-31-19-24-50(81)59(87)74-65(29-17-18-30-65)64(92)80(11)57(41(3)4)60(88)71-42(5)33-54(83)78(51)9/h25,27,34,40-44,48-52,57H,12-24,26,28-33,35-39H2,1-11H3,(H,71,88)(H,72,82)(H,73,86)(H,74,87)/t42-,48+,49+,50+,51+,52+,57+/m1/s1. The summed E-state index contributed by atoms with van der Waals surface area (Å²) in [5.74, 6) is -7.09. The van der Waals surface area contributed by atoms with E-state index in [4.69, 9.17) is 11.6 Å². The summed E-state index contributed by atoms with van der Waals surface area (Å²) >= 11 is 6.12. The number of likely N-dealkylation sites (N-methyl/N-ethyl adjacent to an activating group) is 6. The van der Waals surface area contributed by atoms with Crippen LogP contribution in [0.15, 0.2) is 18.2 Å². The molecule has 5 aliphatic rings. The molecule has 0 unspecified atom stereocenters. The summed E-state index contributed by atoms with van der Waals surface area (Å²) in [5.41, 5.74) is -2.24. The van der Waals surface area contributed by atoms with Crippen molar-refractivity contribution in [2.75, 3.05) is 68.5 Å². The Morgan fingerprint density at radius 3 is 1.78 bits per heavy atom. The molecule has 2 aliphatic heterocycles. The number of rotatable bonds is 10. The molecular formula is C66H101ClF3N11O11. The number of nitrogens with zero attached hydrogens (tertiary/aromatic N) is 7. The summed E-state index contributed by atoms with van der Waals surface area (Å²) in [6.07, 6.45) is 5.53. The van der Waals surface area contributed by atoms with Crippen LogP contribution < -0.4 is 21.3 Å². The van der Waals surface area contributed by atoms with E-state index in [1.807, 2.05) is 13.8 Å². The van der Waals surface area contributed by atoms with Crippen LogP contribution in [-0.2, 0) is 65.3 Å². The Kier molecular flexibility index (Phi) is 26.8. The van der Waals surface area contributed by atoms with Gasteiger partial charge in [-0.05, 0) is 106 Å². The Labute approximate surface area is 545 Å². The smallest absolute Gasteiger partial charge is 0.351 e. The molecule has 1 aromatic carbocycles. The number of benzene rings is 1. The van der Waals surface area contributed by atoms with Crippen molar-refractivity contribution >= 4 is 76.6 Å². The van der Waals surface area contributed by atoms with Gasteiger partial charge in [0.1, 0.15) is 41.8 Å². The van der Waals surface area contributed by atoms with Crippen LogP contribution in [0.25, 0.3) is 0 Å². The van der Waals surface area contributed by atoms with Gasteiger partial charge < -0.3 is 55.6 Å². The molecule has 2 heterocycles. The molecule has 7 atom stereocenters. The number of fused-ring (bicyclic) bond motifs is 1. The fourth-order valence-electron chi connectivity index (χ4n) is 14.2. The largest absolute Gasteiger partial charge is 0.417 e. The van der Waals surface area contributed by atoms with Crippen molar-refractivity contribution in [1.29, 1.82) is 0 Å². The Morgan fingerprint density at radius 1 is 0.598 bits per heavy atom. The second-order valence-electron chi connectivity index (χ2n) is 27.7. The highest BCUT2D eigenvalue weighted by Gasteiger charge is 2.50. The Balaban J connectivity index is 1.35. The number of hydrogen-bond acceptors (Lipinski definition) is 11. The van der Waals surface area contributed by atoms with Crippen molar-refractivity contribution in [3.8, 4) is 0 Å². The molecule has 22 nitrogen and oxygen atoms in total. The molecule has 4 N–H and O–H groups in total. The minimum Gasteiger partial charge on any atom is -0.351 e. The van der Waals surface area contributed by atoms with E-state index in [1.165, 1.54) is 72.9 Å². The predicted molar refractivity (Wildman–Crippen MR) is 340 cm³/mol. The summed E-state index contributed by atoms with van der Waals surface area (Å²) in [6.45, 7) is 7.44. The summed E-state index contributed by atoms with van der Waals surface area (Å²) in [7, 11) is 8.65. The zero-order chi connectivity index (χ0) is 68.1. The molecule has 11 amide bonds. The second-order valence-corrected chi connectivity index (χ2v) is 28.1. The van der Waals surface area contributed by atoms with Crippen LogP contribution in [0.3, 0.4) is 0 Å². The van der Waals surface area contributed by atoms with Gasteiger partial charge in [0, 0.05) is 61.3 Å². The zero-order valence-electron chi connectivity index (χ0n) is 55.9. The third-order valence-electron chi connectivity index (χ3n) is 19.5. The van der Waals surface area contributed by atoms with Crippen LogP contribution in [0.5, 0.6) is 0 Å². The summed E-state index contributed by atoms with van der Waals surface area (Å²) < 4.78 is 41.3. The molecule has 5 fully saturated rings. The van der Waals surface area contributed by atoms with Gasteiger partial charge in [0.05, 0.1) is 30.2 Å². The number of carbonyl (C=O) groups excluding carboxylic acids is 11. The van der Waals surface area contributed by atoms with Gasteiger partial charge in [0.2, 0.25) is 65.0 Å². The van der Waals surface area contributed by atoms with Crippen molar-refractivity contribution in [2.45, 2.75) is 223 Å². The molecule has 0 aromatic heterocycles. The number of alkyl halides is 3. The van der Waals surface area contributed by atoms with Gasteiger partial charge in [-0.15, -0.1) is 0 Å². The van der Waals surface area contributed by atoms with E-state index in [9.17, 15) is 56.3 Å². The van der Waals surface area contributed by atoms with Crippen LogP contribution in [0.2, 0.25) is 5.02 Å². The topological polar surface area (TPSA) is 259 Å². The summed E-state index contributed by atoms with van der Waals surface area (Å²) in [4.78, 5) is 169. The van der Waals surface area contributed by atoms with E-state index in [1.54, 1.807) is 20.8 Å². The first-order chi connectivity index (χ1) is 43.2. The van der Waals surface area contributed by atoms with Crippen LogP contribution in [-0.4, -0.2) is 216 Å². The highest BCUT2D eigenvalue weighted by Crippen LogP contribution is 2.37.